The van der Waals surface area contributed by atoms with Crippen LogP contribution in [0.15, 0.2) is 29.4 Å². The molecule has 1 aliphatic carbocycles. The predicted molar refractivity (Wildman–Crippen MR) is 82.7 cm³/mol. The number of anilines is 1. The molecule has 0 spiro atoms. The van der Waals surface area contributed by atoms with Crippen molar-refractivity contribution in [3.8, 4) is 6.07 Å². The second kappa shape index (κ2) is 6.07. The number of hydrogen-bond acceptors (Lipinski definition) is 6. The van der Waals surface area contributed by atoms with Crippen molar-refractivity contribution in [1.29, 1.82) is 5.26 Å². The predicted octanol–water partition coefficient (Wildman–Crippen LogP) is 1.47. The summed E-state index contributed by atoms with van der Waals surface area (Å²) in [6.45, 7) is 0. The van der Waals surface area contributed by atoms with E-state index in [1.165, 1.54) is 16.4 Å². The lowest BCUT2D eigenvalue weighted by Crippen LogP contribution is -2.17. The molecule has 3 rings (SSSR count). The normalized spacial score (nSPS) is 13.6. The maximum Gasteiger partial charge on any atom is 0.234 e. The fourth-order valence-electron chi connectivity index (χ4n) is 1.96. The van der Waals surface area contributed by atoms with Crippen LogP contribution in [0.3, 0.4) is 0 Å². The van der Waals surface area contributed by atoms with E-state index in [9.17, 15) is 4.79 Å². The lowest BCUT2D eigenvalue weighted by Gasteiger charge is -2.05. The van der Waals surface area contributed by atoms with Crippen LogP contribution in [0.4, 0.5) is 5.69 Å². The molecule has 1 aromatic heterocycles. The maximum atomic E-state index is 11.9. The molecule has 1 fully saturated rings. The first-order chi connectivity index (χ1) is 10.7. The summed E-state index contributed by atoms with van der Waals surface area (Å²) in [6, 6.07) is 8.72. The summed E-state index contributed by atoms with van der Waals surface area (Å²) in [5.41, 5.74) is 1.20. The molecule has 0 bridgehead atoms. The molecule has 1 amide bonds. The van der Waals surface area contributed by atoms with Gasteiger partial charge < -0.3 is 11.2 Å². The smallest absolute Gasteiger partial charge is 0.234 e. The van der Waals surface area contributed by atoms with Crippen molar-refractivity contribution in [2.45, 2.75) is 23.9 Å². The number of nitriles is 1. The molecule has 0 radical (unpaired) electrons. The van der Waals surface area contributed by atoms with Crippen molar-refractivity contribution in [1.82, 2.24) is 14.9 Å². The minimum absolute atomic E-state index is 0.161. The van der Waals surface area contributed by atoms with E-state index in [0.717, 1.165) is 18.7 Å². The summed E-state index contributed by atoms with van der Waals surface area (Å²) in [4.78, 5) is 11.9. The van der Waals surface area contributed by atoms with Crippen molar-refractivity contribution in [2.75, 3.05) is 16.9 Å². The van der Waals surface area contributed by atoms with Crippen molar-refractivity contribution < 1.29 is 4.79 Å². The molecule has 112 valence electrons. The summed E-state index contributed by atoms with van der Waals surface area (Å²) in [5.74, 6) is 7.16. The van der Waals surface area contributed by atoms with Gasteiger partial charge in [-0.1, -0.05) is 11.8 Å². The Labute approximate surface area is 131 Å². The van der Waals surface area contributed by atoms with Gasteiger partial charge in [-0.05, 0) is 37.1 Å². The summed E-state index contributed by atoms with van der Waals surface area (Å²) < 4.78 is 1.47. The molecule has 0 aliphatic heterocycles. The van der Waals surface area contributed by atoms with E-state index in [4.69, 9.17) is 11.1 Å². The summed E-state index contributed by atoms with van der Waals surface area (Å²) in [6.07, 6.45) is 2.19. The Balaban J connectivity index is 1.54. The van der Waals surface area contributed by atoms with Crippen LogP contribution in [0.2, 0.25) is 0 Å². The van der Waals surface area contributed by atoms with Crippen LogP contribution in [0.25, 0.3) is 0 Å². The molecule has 1 aliphatic rings. The summed E-state index contributed by atoms with van der Waals surface area (Å²) >= 11 is 1.25. The molecule has 3 N–H and O–H groups in total. The van der Waals surface area contributed by atoms with Crippen molar-refractivity contribution in [3.63, 3.8) is 0 Å². The Morgan fingerprint density at radius 2 is 2.14 bits per heavy atom. The number of nitrogens with one attached hydrogen (secondary N) is 1. The molecule has 22 heavy (non-hydrogen) atoms. The number of thioether (sulfide) groups is 1. The lowest BCUT2D eigenvalue weighted by molar-refractivity contribution is -0.113. The first-order valence-electron chi connectivity index (χ1n) is 6.80. The highest BCUT2D eigenvalue weighted by molar-refractivity contribution is 7.99. The molecule has 7 nitrogen and oxygen atoms in total. The van der Waals surface area contributed by atoms with Gasteiger partial charge in [-0.2, -0.15) is 5.26 Å². The number of nitrogen functional groups attached to an aromatic ring is 1. The second-order valence-corrected chi connectivity index (χ2v) is 5.95. The van der Waals surface area contributed by atoms with Crippen LogP contribution in [-0.2, 0) is 4.79 Å². The van der Waals surface area contributed by atoms with Gasteiger partial charge in [0.1, 0.15) is 0 Å². The first-order valence-corrected chi connectivity index (χ1v) is 7.79. The number of benzene rings is 1. The van der Waals surface area contributed by atoms with Gasteiger partial charge in [-0.15, -0.1) is 10.2 Å². The molecule has 0 atom stereocenters. The highest BCUT2D eigenvalue weighted by Gasteiger charge is 2.29. The highest BCUT2D eigenvalue weighted by Crippen LogP contribution is 2.39. The van der Waals surface area contributed by atoms with Gasteiger partial charge in [0.05, 0.1) is 17.4 Å². The van der Waals surface area contributed by atoms with E-state index in [-0.39, 0.29) is 11.7 Å². The summed E-state index contributed by atoms with van der Waals surface area (Å²) in [5, 5.41) is 20.1. The molecule has 2 aromatic rings. The fraction of sp³-hybridized carbons (Fsp3) is 0.286. The standard InChI is InChI=1S/C14H14N6OS/c15-7-9-1-5-11(6-2-9)17-12(21)8-22-14-19-18-13(20(14)16)10-3-4-10/h1-2,5-6,10H,3-4,8,16H2,(H,17,21). The lowest BCUT2D eigenvalue weighted by atomic mass is 10.2. The molecule has 1 aromatic carbocycles. The number of rotatable bonds is 5. The van der Waals surface area contributed by atoms with Crippen LogP contribution in [0, 0.1) is 11.3 Å². The number of nitrogens with two attached hydrogens (primary N) is 1. The zero-order chi connectivity index (χ0) is 15.5. The summed E-state index contributed by atoms with van der Waals surface area (Å²) in [7, 11) is 0. The van der Waals surface area contributed by atoms with E-state index in [0.29, 0.717) is 22.3 Å². The maximum absolute atomic E-state index is 11.9. The van der Waals surface area contributed by atoms with Gasteiger partial charge >= 0.3 is 0 Å². The topological polar surface area (TPSA) is 110 Å². The van der Waals surface area contributed by atoms with Gasteiger partial charge in [0.15, 0.2) is 5.82 Å². The number of hydrogen-bond donors (Lipinski definition) is 2. The van der Waals surface area contributed by atoms with Gasteiger partial charge in [-0.25, -0.2) is 4.68 Å². The average molecular weight is 314 g/mol. The molecular formula is C14H14N6OS. The van der Waals surface area contributed by atoms with Crippen molar-refractivity contribution in [3.05, 3.63) is 35.7 Å². The molecule has 0 unspecified atom stereocenters. The second-order valence-electron chi connectivity index (χ2n) is 5.01. The van der Waals surface area contributed by atoms with E-state index < -0.39 is 0 Å². The quantitative estimate of drug-likeness (QED) is 0.639. The Kier molecular flexibility index (Phi) is 3.98. The Bertz CT molecular complexity index is 729. The van der Waals surface area contributed by atoms with E-state index in [1.54, 1.807) is 24.3 Å². The minimum Gasteiger partial charge on any atom is -0.336 e. The zero-order valence-corrected chi connectivity index (χ0v) is 12.5. The Hall–Kier alpha value is -2.53. The number of carbonyl (C=O) groups is 1. The molecular weight excluding hydrogens is 300 g/mol. The highest BCUT2D eigenvalue weighted by atomic mass is 32.2. The van der Waals surface area contributed by atoms with Crippen LogP contribution in [0.1, 0.15) is 30.1 Å². The van der Waals surface area contributed by atoms with Crippen LogP contribution < -0.4 is 11.2 Å². The first kappa shape index (κ1) is 14.4. The van der Waals surface area contributed by atoms with E-state index >= 15 is 0 Å². The van der Waals surface area contributed by atoms with Crippen LogP contribution in [-0.4, -0.2) is 26.5 Å². The number of amides is 1. The molecule has 8 heteroatoms. The number of carbonyl (C=O) groups excluding carboxylic acids is 1. The third-order valence-electron chi connectivity index (χ3n) is 3.26. The Morgan fingerprint density at radius 1 is 1.41 bits per heavy atom. The Morgan fingerprint density at radius 3 is 2.77 bits per heavy atom. The molecule has 1 heterocycles. The zero-order valence-electron chi connectivity index (χ0n) is 11.7. The van der Waals surface area contributed by atoms with Gasteiger partial charge in [0.25, 0.3) is 0 Å². The third kappa shape index (κ3) is 3.20. The fourth-order valence-corrected chi connectivity index (χ4v) is 2.63. The third-order valence-corrected chi connectivity index (χ3v) is 4.21. The van der Waals surface area contributed by atoms with Crippen LogP contribution >= 0.6 is 11.8 Å². The van der Waals surface area contributed by atoms with Crippen molar-refractivity contribution >= 4 is 23.4 Å². The number of aromatic nitrogens is 3. The molecule has 1 saturated carbocycles. The minimum atomic E-state index is -0.161. The van der Waals surface area contributed by atoms with Gasteiger partial charge in [0, 0.05) is 11.6 Å². The van der Waals surface area contributed by atoms with Crippen molar-refractivity contribution in [2.24, 2.45) is 0 Å². The molecule has 0 saturated heterocycles. The van der Waals surface area contributed by atoms with Gasteiger partial charge in [-0.3, -0.25) is 4.79 Å². The largest absolute Gasteiger partial charge is 0.336 e. The number of nitrogens with zero attached hydrogens (tertiary/aromatic N) is 4. The SMILES string of the molecule is N#Cc1ccc(NC(=O)CSc2nnc(C3CC3)n2N)cc1. The van der Waals surface area contributed by atoms with E-state index in [2.05, 4.69) is 15.5 Å². The average Bonchev–Trinajstić information content (AvgIpc) is 3.30. The van der Waals surface area contributed by atoms with Crippen LogP contribution in [0.5, 0.6) is 0 Å². The van der Waals surface area contributed by atoms with Gasteiger partial charge in [0.2, 0.25) is 11.1 Å². The monoisotopic (exact) mass is 314 g/mol. The van der Waals surface area contributed by atoms with E-state index in [1.807, 2.05) is 6.07 Å².